The summed E-state index contributed by atoms with van der Waals surface area (Å²) in [7, 11) is 0. The lowest BCUT2D eigenvalue weighted by molar-refractivity contribution is -0.113. The van der Waals surface area contributed by atoms with Gasteiger partial charge in [0.05, 0.1) is 5.75 Å². The van der Waals surface area contributed by atoms with Gasteiger partial charge in [-0.25, -0.2) is 0 Å². The summed E-state index contributed by atoms with van der Waals surface area (Å²) in [5.41, 5.74) is 5.02. The zero-order valence-electron chi connectivity index (χ0n) is 17.1. The molecule has 0 aliphatic heterocycles. The maximum absolute atomic E-state index is 12.7. The van der Waals surface area contributed by atoms with Crippen molar-refractivity contribution in [3.8, 4) is 11.3 Å². The number of carbonyl (C=O) groups is 1. The van der Waals surface area contributed by atoms with Crippen LogP contribution in [0.4, 0.5) is 5.69 Å². The van der Waals surface area contributed by atoms with Crippen LogP contribution in [0.2, 0.25) is 0 Å². The van der Waals surface area contributed by atoms with E-state index in [4.69, 9.17) is 0 Å². The summed E-state index contributed by atoms with van der Waals surface area (Å²) in [6.45, 7) is 4.11. The molecule has 0 saturated heterocycles. The van der Waals surface area contributed by atoms with Crippen molar-refractivity contribution in [1.29, 1.82) is 0 Å². The average molecular weight is 414 g/mol. The third-order valence-electron chi connectivity index (χ3n) is 5.05. The Bertz CT molecular complexity index is 1190. The third kappa shape index (κ3) is 4.21. The van der Waals surface area contributed by atoms with Crippen LogP contribution in [0.25, 0.3) is 22.0 Å². The molecule has 4 nitrogen and oxygen atoms in total. The van der Waals surface area contributed by atoms with Crippen molar-refractivity contribution in [2.24, 2.45) is 0 Å². The molecule has 4 rings (SSSR count). The van der Waals surface area contributed by atoms with Crippen molar-refractivity contribution in [2.45, 2.75) is 25.3 Å². The van der Waals surface area contributed by atoms with Crippen LogP contribution in [0.5, 0.6) is 0 Å². The highest BCUT2D eigenvalue weighted by molar-refractivity contribution is 8.00. The SMILES string of the molecule is CCc1cccc(C)c1NC(=O)CSc1nnc(-c2ccccc2)c2ccccc12. The van der Waals surface area contributed by atoms with Gasteiger partial charge in [-0.3, -0.25) is 4.79 Å². The minimum atomic E-state index is -0.0398. The zero-order valence-corrected chi connectivity index (χ0v) is 17.9. The molecule has 0 atom stereocenters. The molecule has 30 heavy (non-hydrogen) atoms. The first-order valence-electron chi connectivity index (χ1n) is 9.99. The number of benzene rings is 3. The van der Waals surface area contributed by atoms with E-state index in [2.05, 4.69) is 34.6 Å². The minimum absolute atomic E-state index is 0.0398. The van der Waals surface area contributed by atoms with Crippen molar-refractivity contribution < 1.29 is 4.79 Å². The molecule has 0 unspecified atom stereocenters. The molecule has 3 aromatic carbocycles. The number of rotatable bonds is 6. The quantitative estimate of drug-likeness (QED) is 0.400. The Labute approximate surface area is 180 Å². The second-order valence-corrected chi connectivity index (χ2v) is 8.03. The van der Waals surface area contributed by atoms with E-state index in [1.54, 1.807) is 0 Å². The van der Waals surface area contributed by atoms with Crippen LogP contribution < -0.4 is 5.32 Å². The molecule has 4 aromatic rings. The number of fused-ring (bicyclic) bond motifs is 1. The fraction of sp³-hybridized carbons (Fsp3) is 0.160. The summed E-state index contributed by atoms with van der Waals surface area (Å²) < 4.78 is 0. The normalized spacial score (nSPS) is 10.9. The van der Waals surface area contributed by atoms with Gasteiger partial charge in [-0.1, -0.05) is 91.5 Å². The van der Waals surface area contributed by atoms with Crippen molar-refractivity contribution in [2.75, 3.05) is 11.1 Å². The number of nitrogens with zero attached hydrogens (tertiary/aromatic N) is 2. The van der Waals surface area contributed by atoms with Crippen LogP contribution in [-0.4, -0.2) is 21.9 Å². The molecule has 1 amide bonds. The van der Waals surface area contributed by atoms with Gasteiger partial charge in [0.25, 0.3) is 0 Å². The summed E-state index contributed by atoms with van der Waals surface area (Å²) in [5.74, 6) is 0.239. The summed E-state index contributed by atoms with van der Waals surface area (Å²) in [6, 6.07) is 24.2. The maximum Gasteiger partial charge on any atom is 0.234 e. The van der Waals surface area contributed by atoms with E-state index in [9.17, 15) is 4.79 Å². The van der Waals surface area contributed by atoms with E-state index >= 15 is 0 Å². The number of thioether (sulfide) groups is 1. The Morgan fingerprint density at radius 2 is 1.63 bits per heavy atom. The highest BCUT2D eigenvalue weighted by Gasteiger charge is 2.14. The predicted molar refractivity (Wildman–Crippen MR) is 125 cm³/mol. The first-order valence-corrected chi connectivity index (χ1v) is 11.0. The first-order chi connectivity index (χ1) is 14.7. The highest BCUT2D eigenvalue weighted by Crippen LogP contribution is 2.31. The van der Waals surface area contributed by atoms with Crippen LogP contribution in [0.3, 0.4) is 0 Å². The smallest absolute Gasteiger partial charge is 0.234 e. The lowest BCUT2D eigenvalue weighted by atomic mass is 10.1. The fourth-order valence-corrected chi connectivity index (χ4v) is 4.28. The topological polar surface area (TPSA) is 54.9 Å². The Morgan fingerprint density at radius 3 is 2.40 bits per heavy atom. The van der Waals surface area contributed by atoms with Crippen molar-refractivity contribution in [3.63, 3.8) is 0 Å². The number of hydrogen-bond acceptors (Lipinski definition) is 4. The van der Waals surface area contributed by atoms with Gasteiger partial charge in [0.2, 0.25) is 5.91 Å². The van der Waals surface area contributed by atoms with E-state index < -0.39 is 0 Å². The molecule has 0 saturated carbocycles. The number of nitrogens with one attached hydrogen (secondary N) is 1. The van der Waals surface area contributed by atoms with Crippen molar-refractivity contribution in [3.05, 3.63) is 83.9 Å². The number of para-hydroxylation sites is 1. The summed E-state index contributed by atoms with van der Waals surface area (Å²) in [6.07, 6.45) is 0.876. The van der Waals surface area contributed by atoms with E-state index in [1.807, 2.05) is 67.6 Å². The average Bonchev–Trinajstić information content (AvgIpc) is 2.79. The lowest BCUT2D eigenvalue weighted by Gasteiger charge is -2.13. The van der Waals surface area contributed by atoms with Crippen LogP contribution in [0.15, 0.2) is 77.8 Å². The molecule has 1 N–H and O–H groups in total. The number of anilines is 1. The second kappa shape index (κ2) is 9.09. The molecule has 0 aliphatic carbocycles. The Balaban J connectivity index is 1.56. The van der Waals surface area contributed by atoms with Crippen molar-refractivity contribution >= 4 is 34.1 Å². The Kier molecular flexibility index (Phi) is 6.10. The number of hydrogen-bond donors (Lipinski definition) is 1. The number of aryl methyl sites for hydroxylation is 2. The number of aromatic nitrogens is 2. The van der Waals surface area contributed by atoms with Gasteiger partial charge >= 0.3 is 0 Å². The molecule has 0 bridgehead atoms. The minimum Gasteiger partial charge on any atom is -0.325 e. The van der Waals surface area contributed by atoms with Crippen molar-refractivity contribution in [1.82, 2.24) is 10.2 Å². The second-order valence-electron chi connectivity index (χ2n) is 7.06. The van der Waals surface area contributed by atoms with Gasteiger partial charge in [0.1, 0.15) is 10.7 Å². The van der Waals surface area contributed by atoms with E-state index in [-0.39, 0.29) is 11.7 Å². The van der Waals surface area contributed by atoms with Crippen LogP contribution >= 0.6 is 11.8 Å². The van der Waals surface area contributed by atoms with Crippen LogP contribution in [0, 0.1) is 6.92 Å². The first kappa shape index (κ1) is 20.1. The maximum atomic E-state index is 12.7. The van der Waals surface area contributed by atoms with E-state index in [1.165, 1.54) is 11.8 Å². The van der Waals surface area contributed by atoms with Gasteiger partial charge in [-0.15, -0.1) is 10.2 Å². The summed E-state index contributed by atoms with van der Waals surface area (Å²) in [5, 5.41) is 14.8. The van der Waals surface area contributed by atoms with Gasteiger partial charge in [0, 0.05) is 22.0 Å². The number of carbonyl (C=O) groups excluding carboxylic acids is 1. The summed E-state index contributed by atoms with van der Waals surface area (Å²) >= 11 is 1.41. The molecule has 5 heteroatoms. The third-order valence-corrected chi connectivity index (χ3v) is 6.03. The predicted octanol–water partition coefficient (Wildman–Crippen LogP) is 5.90. The highest BCUT2D eigenvalue weighted by atomic mass is 32.2. The molecule has 150 valence electrons. The standard InChI is InChI=1S/C25H23N3OS/c1-3-18-13-9-10-17(2)23(18)26-22(29)16-30-25-21-15-8-7-14-20(21)24(27-28-25)19-11-5-4-6-12-19/h4-15H,3,16H2,1-2H3,(H,26,29). The molecule has 1 aromatic heterocycles. The molecule has 0 aliphatic rings. The molecular weight excluding hydrogens is 390 g/mol. The molecular formula is C25H23N3OS. The molecule has 0 fully saturated rings. The number of amides is 1. The van der Waals surface area contributed by atoms with Gasteiger partial charge < -0.3 is 5.32 Å². The fourth-order valence-electron chi connectivity index (χ4n) is 3.51. The van der Waals surface area contributed by atoms with E-state index in [0.717, 1.165) is 50.3 Å². The Hall–Kier alpha value is -3.18. The van der Waals surface area contributed by atoms with Gasteiger partial charge in [-0.05, 0) is 24.5 Å². The van der Waals surface area contributed by atoms with Gasteiger partial charge in [0.15, 0.2) is 0 Å². The lowest BCUT2D eigenvalue weighted by Crippen LogP contribution is -2.16. The molecule has 0 spiro atoms. The zero-order chi connectivity index (χ0) is 20.9. The summed E-state index contributed by atoms with van der Waals surface area (Å²) in [4.78, 5) is 12.7. The molecule has 0 radical (unpaired) electrons. The largest absolute Gasteiger partial charge is 0.325 e. The van der Waals surface area contributed by atoms with Crippen LogP contribution in [0.1, 0.15) is 18.1 Å². The van der Waals surface area contributed by atoms with Crippen LogP contribution in [-0.2, 0) is 11.2 Å². The van der Waals surface area contributed by atoms with Gasteiger partial charge in [-0.2, -0.15) is 0 Å². The van der Waals surface area contributed by atoms with E-state index in [0.29, 0.717) is 0 Å². The Morgan fingerprint density at radius 1 is 0.900 bits per heavy atom. The molecule has 1 heterocycles. The monoisotopic (exact) mass is 413 g/mol.